The standard InChI is InChI=1S/C15H21N3O4.ClH/c1-21-12-5-9-3-4-18(8-10(9)6-13(12)22-2)15(20)11(16)7-14(17)19;/h5-6,11H,3-4,7-8,16H2,1-2H3,(H2,17,19);1H. The molecular formula is C15H22ClN3O4. The molecule has 1 unspecified atom stereocenters. The van der Waals surface area contributed by atoms with Crippen molar-refractivity contribution in [2.24, 2.45) is 11.5 Å². The zero-order valence-electron chi connectivity index (χ0n) is 13.2. The summed E-state index contributed by atoms with van der Waals surface area (Å²) in [5, 5.41) is 0. The van der Waals surface area contributed by atoms with E-state index in [4.69, 9.17) is 20.9 Å². The van der Waals surface area contributed by atoms with Gasteiger partial charge in [0, 0.05) is 13.1 Å². The number of carbonyl (C=O) groups is 2. The number of hydrogen-bond donors (Lipinski definition) is 2. The zero-order chi connectivity index (χ0) is 16.3. The predicted octanol–water partition coefficient (Wildman–Crippen LogP) is 0.213. The van der Waals surface area contributed by atoms with Crippen LogP contribution in [0.25, 0.3) is 0 Å². The van der Waals surface area contributed by atoms with Crippen LogP contribution in [0.4, 0.5) is 0 Å². The quantitative estimate of drug-likeness (QED) is 0.794. The Morgan fingerprint density at radius 2 is 1.78 bits per heavy atom. The first kappa shape index (κ1) is 19.1. The molecule has 1 aromatic rings. The van der Waals surface area contributed by atoms with Crippen molar-refractivity contribution in [2.45, 2.75) is 25.4 Å². The lowest BCUT2D eigenvalue weighted by atomic mass is 9.98. The van der Waals surface area contributed by atoms with Crippen LogP contribution in [-0.4, -0.2) is 43.5 Å². The topological polar surface area (TPSA) is 108 Å². The number of halogens is 1. The number of carbonyl (C=O) groups excluding carboxylic acids is 2. The van der Waals surface area contributed by atoms with E-state index in [-0.39, 0.29) is 24.7 Å². The highest BCUT2D eigenvalue weighted by molar-refractivity contribution is 5.87. The molecule has 8 heteroatoms. The molecular weight excluding hydrogens is 322 g/mol. The molecule has 0 bridgehead atoms. The number of amides is 2. The molecule has 7 nitrogen and oxygen atoms in total. The summed E-state index contributed by atoms with van der Waals surface area (Å²) in [7, 11) is 3.16. The van der Waals surface area contributed by atoms with Crippen LogP contribution in [0.2, 0.25) is 0 Å². The average molecular weight is 344 g/mol. The number of primary amides is 1. The predicted molar refractivity (Wildman–Crippen MR) is 87.7 cm³/mol. The minimum atomic E-state index is -0.890. The number of benzene rings is 1. The van der Waals surface area contributed by atoms with Crippen molar-refractivity contribution >= 4 is 24.2 Å². The van der Waals surface area contributed by atoms with Crippen LogP contribution >= 0.6 is 12.4 Å². The van der Waals surface area contributed by atoms with Crippen LogP contribution in [-0.2, 0) is 22.6 Å². The fraction of sp³-hybridized carbons (Fsp3) is 0.467. The first-order chi connectivity index (χ1) is 10.5. The van der Waals surface area contributed by atoms with E-state index in [1.54, 1.807) is 19.1 Å². The van der Waals surface area contributed by atoms with Gasteiger partial charge in [0.15, 0.2) is 11.5 Å². The number of ether oxygens (including phenoxy) is 2. The maximum Gasteiger partial charge on any atom is 0.240 e. The Labute approximate surface area is 141 Å². The molecule has 1 aliphatic rings. The van der Waals surface area contributed by atoms with Gasteiger partial charge < -0.3 is 25.8 Å². The highest BCUT2D eigenvalue weighted by Crippen LogP contribution is 2.33. The van der Waals surface area contributed by atoms with Crippen molar-refractivity contribution in [1.29, 1.82) is 0 Å². The van der Waals surface area contributed by atoms with Crippen LogP contribution in [0.15, 0.2) is 12.1 Å². The van der Waals surface area contributed by atoms with Crippen molar-refractivity contribution < 1.29 is 19.1 Å². The fourth-order valence-corrected chi connectivity index (χ4v) is 2.61. The van der Waals surface area contributed by atoms with E-state index in [1.807, 2.05) is 12.1 Å². The van der Waals surface area contributed by atoms with Crippen molar-refractivity contribution in [3.05, 3.63) is 23.3 Å². The maximum atomic E-state index is 12.3. The van der Waals surface area contributed by atoms with Crippen LogP contribution < -0.4 is 20.9 Å². The monoisotopic (exact) mass is 343 g/mol. The molecule has 1 aromatic carbocycles. The number of methoxy groups -OCH3 is 2. The van der Waals surface area contributed by atoms with Gasteiger partial charge in [-0.2, -0.15) is 0 Å². The normalized spacial score (nSPS) is 14.3. The zero-order valence-corrected chi connectivity index (χ0v) is 14.0. The van der Waals surface area contributed by atoms with Crippen LogP contribution in [0, 0.1) is 0 Å². The number of rotatable bonds is 5. The Balaban J connectivity index is 0.00000264. The van der Waals surface area contributed by atoms with E-state index >= 15 is 0 Å². The van der Waals surface area contributed by atoms with Gasteiger partial charge in [0.05, 0.1) is 26.7 Å². The molecule has 1 aliphatic heterocycles. The summed E-state index contributed by atoms with van der Waals surface area (Å²) in [6.45, 7) is 0.981. The third-order valence-electron chi connectivity index (χ3n) is 3.77. The van der Waals surface area contributed by atoms with Gasteiger partial charge in [-0.1, -0.05) is 0 Å². The second-order valence-electron chi connectivity index (χ2n) is 5.26. The van der Waals surface area contributed by atoms with Crippen molar-refractivity contribution in [1.82, 2.24) is 4.90 Å². The minimum Gasteiger partial charge on any atom is -0.493 e. The molecule has 4 N–H and O–H groups in total. The number of nitrogens with two attached hydrogens (primary N) is 2. The smallest absolute Gasteiger partial charge is 0.240 e. The summed E-state index contributed by atoms with van der Waals surface area (Å²) >= 11 is 0. The van der Waals surface area contributed by atoms with Gasteiger partial charge in [0.25, 0.3) is 0 Å². The first-order valence-electron chi connectivity index (χ1n) is 7.02. The second-order valence-corrected chi connectivity index (χ2v) is 5.26. The molecule has 2 amide bonds. The molecule has 0 radical (unpaired) electrons. The maximum absolute atomic E-state index is 12.3. The van der Waals surface area contributed by atoms with Crippen LogP contribution in [0.5, 0.6) is 11.5 Å². The van der Waals surface area contributed by atoms with Gasteiger partial charge in [-0.25, -0.2) is 0 Å². The number of nitrogens with zero attached hydrogens (tertiary/aromatic N) is 1. The molecule has 0 saturated carbocycles. The van der Waals surface area contributed by atoms with E-state index in [2.05, 4.69) is 0 Å². The van der Waals surface area contributed by atoms with E-state index in [9.17, 15) is 9.59 Å². The van der Waals surface area contributed by atoms with Gasteiger partial charge in [0.1, 0.15) is 0 Å². The summed E-state index contributed by atoms with van der Waals surface area (Å²) in [6, 6.07) is 2.91. The van der Waals surface area contributed by atoms with E-state index in [0.717, 1.165) is 11.1 Å². The molecule has 128 valence electrons. The van der Waals surface area contributed by atoms with Crippen LogP contribution in [0.1, 0.15) is 17.5 Å². The first-order valence-corrected chi connectivity index (χ1v) is 7.02. The lowest BCUT2D eigenvalue weighted by Crippen LogP contribution is -2.47. The molecule has 1 heterocycles. The molecule has 0 aromatic heterocycles. The van der Waals surface area contributed by atoms with Crippen LogP contribution in [0.3, 0.4) is 0 Å². The lowest BCUT2D eigenvalue weighted by Gasteiger charge is -2.31. The van der Waals surface area contributed by atoms with Crippen molar-refractivity contribution in [2.75, 3.05) is 20.8 Å². The van der Waals surface area contributed by atoms with E-state index in [1.165, 1.54) is 0 Å². The molecule has 23 heavy (non-hydrogen) atoms. The summed E-state index contributed by atoms with van der Waals surface area (Å²) < 4.78 is 10.6. The Morgan fingerprint density at radius 3 is 2.30 bits per heavy atom. The lowest BCUT2D eigenvalue weighted by molar-refractivity contribution is -0.135. The minimum absolute atomic E-state index is 0. The molecule has 2 rings (SSSR count). The third-order valence-corrected chi connectivity index (χ3v) is 3.77. The highest BCUT2D eigenvalue weighted by Gasteiger charge is 2.27. The Kier molecular flexibility index (Phi) is 6.65. The second kappa shape index (κ2) is 8.03. The van der Waals surface area contributed by atoms with E-state index < -0.39 is 11.9 Å². The van der Waals surface area contributed by atoms with Crippen molar-refractivity contribution in [3.63, 3.8) is 0 Å². The van der Waals surface area contributed by atoms with Gasteiger partial charge in [0.2, 0.25) is 11.8 Å². The number of hydrogen-bond acceptors (Lipinski definition) is 5. The summed E-state index contributed by atoms with van der Waals surface area (Å²) in [5.41, 5.74) is 12.9. The molecule has 0 fully saturated rings. The summed E-state index contributed by atoms with van der Waals surface area (Å²) in [6.07, 6.45) is 0.554. The van der Waals surface area contributed by atoms with Gasteiger partial charge in [-0.15, -0.1) is 12.4 Å². The van der Waals surface area contributed by atoms with Gasteiger partial charge in [-0.3, -0.25) is 9.59 Å². The third kappa shape index (κ3) is 4.27. The SMILES string of the molecule is COc1cc2c(cc1OC)CN(C(=O)C(N)CC(N)=O)CC2.Cl. The van der Waals surface area contributed by atoms with Gasteiger partial charge >= 0.3 is 0 Å². The fourth-order valence-electron chi connectivity index (χ4n) is 2.61. The molecule has 1 atom stereocenters. The van der Waals surface area contributed by atoms with E-state index in [0.29, 0.717) is 31.0 Å². The Hall–Kier alpha value is -1.99. The molecule has 0 spiro atoms. The Bertz CT molecular complexity index is 594. The summed E-state index contributed by atoms with van der Waals surface area (Å²) in [5.74, 6) is 0.451. The van der Waals surface area contributed by atoms with Gasteiger partial charge in [-0.05, 0) is 29.7 Å². The Morgan fingerprint density at radius 1 is 1.22 bits per heavy atom. The molecule has 0 aliphatic carbocycles. The number of fused-ring (bicyclic) bond motifs is 1. The highest BCUT2D eigenvalue weighted by atomic mass is 35.5. The van der Waals surface area contributed by atoms with Crippen molar-refractivity contribution in [3.8, 4) is 11.5 Å². The largest absolute Gasteiger partial charge is 0.493 e. The summed E-state index contributed by atoms with van der Waals surface area (Å²) in [4.78, 5) is 24.8. The average Bonchev–Trinajstić information content (AvgIpc) is 2.51. The molecule has 0 saturated heterocycles.